The normalized spacial score (nSPS) is 11.8. The molecule has 0 unspecified atom stereocenters. The highest BCUT2D eigenvalue weighted by Crippen LogP contribution is 2.26. The fourth-order valence-corrected chi connectivity index (χ4v) is 4.35. The highest BCUT2D eigenvalue weighted by molar-refractivity contribution is 7.20. The lowest BCUT2D eigenvalue weighted by atomic mass is 10.1. The summed E-state index contributed by atoms with van der Waals surface area (Å²) in [7, 11) is 0. The first kappa shape index (κ1) is 18.3. The first-order valence-corrected chi connectivity index (χ1v) is 10.4. The number of rotatable bonds is 4. The van der Waals surface area contributed by atoms with Crippen LogP contribution in [0.15, 0.2) is 94.7 Å². The molecule has 6 heteroatoms. The fourth-order valence-electron chi connectivity index (χ4n) is 3.43. The van der Waals surface area contributed by atoms with Crippen molar-refractivity contribution in [2.24, 2.45) is 4.99 Å². The van der Waals surface area contributed by atoms with E-state index in [2.05, 4.69) is 10.1 Å². The average Bonchev–Trinajstić information content (AvgIpc) is 3.36. The Labute approximate surface area is 177 Å². The van der Waals surface area contributed by atoms with Crippen LogP contribution in [0.4, 0.5) is 5.69 Å². The number of hydrogen-bond donors (Lipinski definition) is 1. The number of aliphatic imine (C=N–C) groups is 1. The van der Waals surface area contributed by atoms with E-state index in [4.69, 9.17) is 4.99 Å². The van der Waals surface area contributed by atoms with Crippen LogP contribution in [0.1, 0.15) is 12.5 Å². The molecule has 2 heterocycles. The predicted molar refractivity (Wildman–Crippen MR) is 123 cm³/mol. The maximum atomic E-state index is 13.5. The van der Waals surface area contributed by atoms with Crippen molar-refractivity contribution < 1.29 is 0 Å². The number of nitrogens with zero attached hydrogens (tertiary/aromatic N) is 3. The monoisotopic (exact) mass is 410 g/mol. The molecule has 1 N–H and O–H groups in total. The Morgan fingerprint density at radius 3 is 2.33 bits per heavy atom. The van der Waals surface area contributed by atoms with Crippen molar-refractivity contribution in [1.29, 1.82) is 0 Å². The molecule has 0 bridgehead atoms. The van der Waals surface area contributed by atoms with Gasteiger partial charge in [0.25, 0.3) is 5.56 Å². The molecule has 0 radical (unpaired) electrons. The second-order valence-electron chi connectivity index (χ2n) is 6.87. The number of thiazole rings is 1. The van der Waals surface area contributed by atoms with Crippen molar-refractivity contribution in [3.05, 3.63) is 101 Å². The topological polar surface area (TPSA) is 63.0 Å². The van der Waals surface area contributed by atoms with E-state index >= 15 is 0 Å². The van der Waals surface area contributed by atoms with Crippen LogP contribution in [0, 0.1) is 0 Å². The second-order valence-corrected chi connectivity index (χ2v) is 7.87. The number of fused-ring (bicyclic) bond motifs is 1. The summed E-state index contributed by atoms with van der Waals surface area (Å²) in [4.78, 5) is 22.8. The predicted octanol–water partition coefficient (Wildman–Crippen LogP) is 5.58. The summed E-state index contributed by atoms with van der Waals surface area (Å²) in [6.07, 6.45) is 0. The number of aromatic amines is 1. The zero-order chi connectivity index (χ0) is 20.5. The van der Waals surface area contributed by atoms with Gasteiger partial charge in [0.2, 0.25) is 5.13 Å². The molecule has 0 amide bonds. The third-order valence-electron chi connectivity index (χ3n) is 4.84. The van der Waals surface area contributed by atoms with E-state index in [9.17, 15) is 4.79 Å². The van der Waals surface area contributed by atoms with Gasteiger partial charge in [0.15, 0.2) is 0 Å². The second kappa shape index (κ2) is 7.57. The number of para-hydroxylation sites is 2. The van der Waals surface area contributed by atoms with Gasteiger partial charge in [-0.05, 0) is 31.2 Å². The van der Waals surface area contributed by atoms with Crippen molar-refractivity contribution in [2.45, 2.75) is 6.92 Å². The molecular weight excluding hydrogens is 392 g/mol. The number of H-pyrrole nitrogens is 1. The Morgan fingerprint density at radius 1 is 0.933 bits per heavy atom. The lowest BCUT2D eigenvalue weighted by Gasteiger charge is -2.02. The lowest BCUT2D eigenvalue weighted by molar-refractivity contribution is 0.845. The Kier molecular flexibility index (Phi) is 4.61. The number of hydrogen-bond acceptors (Lipinski definition) is 4. The summed E-state index contributed by atoms with van der Waals surface area (Å²) in [6.45, 7) is 1.87. The minimum absolute atomic E-state index is 0.162. The molecular formula is C24H18N4OS. The third kappa shape index (κ3) is 3.27. The van der Waals surface area contributed by atoms with Gasteiger partial charge >= 0.3 is 0 Å². The zero-order valence-corrected chi connectivity index (χ0v) is 17.1. The summed E-state index contributed by atoms with van der Waals surface area (Å²) in [5.41, 5.74) is 4.37. The van der Waals surface area contributed by atoms with Crippen LogP contribution in [0.3, 0.4) is 0 Å². The summed E-state index contributed by atoms with van der Waals surface area (Å²) in [5, 5.41) is 3.89. The molecule has 0 aliphatic carbocycles. The maximum Gasteiger partial charge on any atom is 0.283 e. The molecule has 30 heavy (non-hydrogen) atoms. The van der Waals surface area contributed by atoms with Gasteiger partial charge in [-0.2, -0.15) is 4.68 Å². The van der Waals surface area contributed by atoms with Crippen LogP contribution in [0.25, 0.3) is 26.6 Å². The molecule has 0 saturated carbocycles. The molecule has 0 spiro atoms. The highest BCUT2D eigenvalue weighted by atomic mass is 32.1. The first-order chi connectivity index (χ1) is 14.7. The van der Waals surface area contributed by atoms with E-state index in [0.717, 1.165) is 27.2 Å². The standard InChI is InChI=1S/C24H18N4OS/c1-16(25-18-12-6-3-7-13-18)21-22(17-10-4-2-5-11-17)27-28(23(21)29)24-26-19-14-8-9-15-20(19)30-24/h2-15,27H,1H3. The molecule has 0 aliphatic rings. The number of benzene rings is 3. The lowest BCUT2D eigenvalue weighted by Crippen LogP contribution is -2.19. The fraction of sp³-hybridized carbons (Fsp3) is 0.0417. The summed E-state index contributed by atoms with van der Waals surface area (Å²) in [5.74, 6) is 0. The minimum Gasteiger partial charge on any atom is -0.288 e. The van der Waals surface area contributed by atoms with Crippen LogP contribution in [0.5, 0.6) is 0 Å². The largest absolute Gasteiger partial charge is 0.288 e. The smallest absolute Gasteiger partial charge is 0.283 e. The van der Waals surface area contributed by atoms with Gasteiger partial charge in [-0.15, -0.1) is 0 Å². The highest BCUT2D eigenvalue weighted by Gasteiger charge is 2.21. The SMILES string of the molecule is CC(=Nc1ccccc1)c1c(-c2ccccc2)[nH]n(-c2nc3ccccc3s2)c1=O. The minimum atomic E-state index is -0.162. The Balaban J connectivity index is 1.72. The van der Waals surface area contributed by atoms with E-state index in [-0.39, 0.29) is 5.56 Å². The quantitative estimate of drug-likeness (QED) is 0.393. The van der Waals surface area contributed by atoms with Gasteiger partial charge in [0, 0.05) is 5.56 Å². The van der Waals surface area contributed by atoms with Gasteiger partial charge in [0.1, 0.15) is 0 Å². The molecule has 2 aromatic heterocycles. The van der Waals surface area contributed by atoms with Crippen LogP contribution in [-0.2, 0) is 0 Å². The van der Waals surface area contributed by atoms with Crippen molar-refractivity contribution in [1.82, 2.24) is 14.8 Å². The molecule has 0 saturated heterocycles. The Bertz CT molecular complexity index is 1380. The van der Waals surface area contributed by atoms with Gasteiger partial charge in [0.05, 0.1) is 32.9 Å². The molecule has 0 fully saturated rings. The van der Waals surface area contributed by atoms with Crippen molar-refractivity contribution in [3.63, 3.8) is 0 Å². The Hall–Kier alpha value is -3.77. The number of aromatic nitrogens is 3. The van der Waals surface area contributed by atoms with E-state index in [1.807, 2.05) is 91.9 Å². The van der Waals surface area contributed by atoms with Crippen molar-refractivity contribution >= 4 is 33.0 Å². The molecule has 5 nitrogen and oxygen atoms in total. The third-order valence-corrected chi connectivity index (χ3v) is 5.86. The van der Waals surface area contributed by atoms with Crippen LogP contribution in [-0.4, -0.2) is 20.5 Å². The van der Waals surface area contributed by atoms with Gasteiger partial charge in [-0.25, -0.2) is 4.98 Å². The zero-order valence-electron chi connectivity index (χ0n) is 16.2. The molecule has 5 aromatic rings. The molecule has 0 atom stereocenters. The van der Waals surface area contributed by atoms with E-state index in [1.54, 1.807) is 0 Å². The van der Waals surface area contributed by atoms with E-state index < -0.39 is 0 Å². The van der Waals surface area contributed by atoms with Gasteiger partial charge < -0.3 is 0 Å². The van der Waals surface area contributed by atoms with Crippen molar-refractivity contribution in [2.75, 3.05) is 0 Å². The van der Waals surface area contributed by atoms with Crippen LogP contribution < -0.4 is 5.56 Å². The van der Waals surface area contributed by atoms with Crippen LogP contribution in [0.2, 0.25) is 0 Å². The molecule has 5 rings (SSSR count). The van der Waals surface area contributed by atoms with Crippen molar-refractivity contribution in [3.8, 4) is 16.4 Å². The van der Waals surface area contributed by atoms with Crippen LogP contribution >= 0.6 is 11.3 Å². The molecule has 0 aliphatic heterocycles. The molecule has 3 aromatic carbocycles. The van der Waals surface area contributed by atoms with Gasteiger partial charge in [-0.1, -0.05) is 72.0 Å². The van der Waals surface area contributed by atoms with Gasteiger partial charge in [-0.3, -0.25) is 14.9 Å². The van der Waals surface area contributed by atoms with E-state index in [1.165, 1.54) is 16.0 Å². The first-order valence-electron chi connectivity index (χ1n) is 9.58. The van der Waals surface area contributed by atoms with E-state index in [0.29, 0.717) is 16.4 Å². The Morgan fingerprint density at radius 2 is 1.60 bits per heavy atom. The number of nitrogens with one attached hydrogen (secondary N) is 1. The summed E-state index contributed by atoms with van der Waals surface area (Å²) >= 11 is 1.48. The maximum absolute atomic E-state index is 13.5. The summed E-state index contributed by atoms with van der Waals surface area (Å²) in [6, 6.07) is 27.3. The summed E-state index contributed by atoms with van der Waals surface area (Å²) < 4.78 is 2.55. The molecule has 146 valence electrons. The average molecular weight is 411 g/mol.